The minimum absolute atomic E-state index is 0.185. The van der Waals surface area contributed by atoms with Gasteiger partial charge in [-0.15, -0.1) is 0 Å². The van der Waals surface area contributed by atoms with Crippen molar-refractivity contribution in [3.63, 3.8) is 0 Å². The molecule has 0 aromatic heterocycles. The van der Waals surface area contributed by atoms with Crippen molar-refractivity contribution < 1.29 is 0 Å². The van der Waals surface area contributed by atoms with Crippen LogP contribution in [0.15, 0.2) is 11.3 Å². The molecule has 0 saturated heterocycles. The molecule has 0 amide bonds. The van der Waals surface area contributed by atoms with Gasteiger partial charge in [-0.25, -0.2) is 0 Å². The van der Waals surface area contributed by atoms with Crippen LogP contribution in [0.25, 0.3) is 0 Å². The van der Waals surface area contributed by atoms with E-state index in [0.717, 1.165) is 12.1 Å². The van der Waals surface area contributed by atoms with Crippen LogP contribution >= 0.6 is 0 Å². The maximum atomic E-state index is 6.45. The van der Waals surface area contributed by atoms with Crippen LogP contribution in [0.5, 0.6) is 0 Å². The van der Waals surface area contributed by atoms with Crippen molar-refractivity contribution in [3.8, 4) is 0 Å². The largest absolute Gasteiger partial charge is 0.401 e. The molecule has 2 heteroatoms. The first kappa shape index (κ1) is 9.07. The molecule has 2 aliphatic carbocycles. The highest BCUT2D eigenvalue weighted by Gasteiger charge is 2.56. The number of hydrogen-bond acceptors (Lipinski definition) is 2. The van der Waals surface area contributed by atoms with Crippen LogP contribution in [0.3, 0.4) is 0 Å². The molecule has 0 heterocycles. The van der Waals surface area contributed by atoms with Gasteiger partial charge in [-0.2, -0.15) is 0 Å². The summed E-state index contributed by atoms with van der Waals surface area (Å²) in [5, 5.41) is 0. The quantitative estimate of drug-likeness (QED) is 0.682. The Morgan fingerprint density at radius 1 is 1.31 bits per heavy atom. The summed E-state index contributed by atoms with van der Waals surface area (Å²) in [5.41, 5.74) is 15.2. The summed E-state index contributed by atoms with van der Waals surface area (Å²) < 4.78 is 0. The second kappa shape index (κ2) is 2.50. The SMILES string of the molecule is CCC12CCC(=C(N)C1(N)CC)C2. The zero-order valence-electron chi connectivity index (χ0n) is 8.69. The highest BCUT2D eigenvalue weighted by molar-refractivity contribution is 5.40. The van der Waals surface area contributed by atoms with Crippen LogP contribution in [-0.4, -0.2) is 5.54 Å². The van der Waals surface area contributed by atoms with E-state index in [1.807, 2.05) is 0 Å². The Bertz CT molecular complexity index is 269. The third-order valence-corrected chi connectivity index (χ3v) is 4.50. The summed E-state index contributed by atoms with van der Waals surface area (Å²) in [7, 11) is 0. The van der Waals surface area contributed by atoms with Crippen molar-refractivity contribution in [3.05, 3.63) is 11.3 Å². The van der Waals surface area contributed by atoms with E-state index in [1.165, 1.54) is 31.3 Å². The molecule has 13 heavy (non-hydrogen) atoms. The lowest BCUT2D eigenvalue weighted by molar-refractivity contribution is 0.157. The molecule has 2 unspecified atom stereocenters. The molecular weight excluding hydrogens is 160 g/mol. The predicted octanol–water partition coefficient (Wildman–Crippen LogP) is 1.90. The first-order valence-corrected chi connectivity index (χ1v) is 5.36. The van der Waals surface area contributed by atoms with Gasteiger partial charge in [0.2, 0.25) is 0 Å². The van der Waals surface area contributed by atoms with Gasteiger partial charge >= 0.3 is 0 Å². The van der Waals surface area contributed by atoms with Crippen molar-refractivity contribution in [1.29, 1.82) is 0 Å². The minimum Gasteiger partial charge on any atom is -0.401 e. The summed E-state index contributed by atoms with van der Waals surface area (Å²) in [4.78, 5) is 0. The van der Waals surface area contributed by atoms with Crippen LogP contribution < -0.4 is 11.5 Å². The molecule has 74 valence electrons. The molecule has 0 aliphatic heterocycles. The third kappa shape index (κ3) is 0.824. The number of rotatable bonds is 2. The molecule has 0 aromatic rings. The topological polar surface area (TPSA) is 52.0 Å². The molecule has 2 aliphatic rings. The Morgan fingerprint density at radius 3 is 2.46 bits per heavy atom. The fraction of sp³-hybridized carbons (Fsp3) is 0.818. The zero-order valence-corrected chi connectivity index (χ0v) is 8.69. The molecular formula is C11H20N2. The van der Waals surface area contributed by atoms with Crippen molar-refractivity contribution >= 4 is 0 Å². The normalized spacial score (nSPS) is 43.3. The average molecular weight is 180 g/mol. The van der Waals surface area contributed by atoms with Crippen molar-refractivity contribution in [2.45, 2.75) is 51.5 Å². The van der Waals surface area contributed by atoms with Crippen LogP contribution in [-0.2, 0) is 0 Å². The second-order valence-corrected chi connectivity index (χ2v) is 4.65. The minimum atomic E-state index is -0.185. The van der Waals surface area contributed by atoms with Crippen LogP contribution in [0.1, 0.15) is 46.0 Å². The van der Waals surface area contributed by atoms with Gasteiger partial charge in [0.1, 0.15) is 0 Å². The summed E-state index contributed by atoms with van der Waals surface area (Å²) in [6, 6.07) is 0. The van der Waals surface area contributed by atoms with Gasteiger partial charge < -0.3 is 11.5 Å². The number of nitrogens with two attached hydrogens (primary N) is 2. The molecule has 2 atom stereocenters. The van der Waals surface area contributed by atoms with E-state index in [9.17, 15) is 0 Å². The highest BCUT2D eigenvalue weighted by Crippen LogP contribution is 2.59. The zero-order chi connectivity index (χ0) is 9.69. The standard InChI is InChI=1S/C11H20N2/c1-3-10-6-5-8(7-10)9(12)11(10,13)4-2/h3-7,12-13H2,1-2H3. The van der Waals surface area contributed by atoms with E-state index < -0.39 is 0 Å². The van der Waals surface area contributed by atoms with E-state index in [4.69, 9.17) is 11.5 Å². The van der Waals surface area contributed by atoms with Gasteiger partial charge in [0, 0.05) is 5.70 Å². The van der Waals surface area contributed by atoms with Crippen LogP contribution in [0, 0.1) is 5.41 Å². The van der Waals surface area contributed by atoms with E-state index >= 15 is 0 Å². The Labute approximate surface area is 80.4 Å². The van der Waals surface area contributed by atoms with E-state index in [0.29, 0.717) is 5.41 Å². The molecule has 0 spiro atoms. The molecule has 0 aromatic carbocycles. The summed E-state index contributed by atoms with van der Waals surface area (Å²) >= 11 is 0. The second-order valence-electron chi connectivity index (χ2n) is 4.65. The predicted molar refractivity (Wildman–Crippen MR) is 55.0 cm³/mol. The summed E-state index contributed by atoms with van der Waals surface area (Å²) in [6.07, 6.45) is 5.76. The lowest BCUT2D eigenvalue weighted by Crippen LogP contribution is -2.55. The van der Waals surface area contributed by atoms with Gasteiger partial charge in [-0.3, -0.25) is 0 Å². The lowest BCUT2D eigenvalue weighted by Gasteiger charge is -2.43. The Hall–Kier alpha value is -0.500. The average Bonchev–Trinajstić information content (AvgIpc) is 2.67. The first-order valence-electron chi connectivity index (χ1n) is 5.36. The van der Waals surface area contributed by atoms with Crippen LogP contribution in [0.2, 0.25) is 0 Å². The Morgan fingerprint density at radius 2 is 2.00 bits per heavy atom. The molecule has 2 bridgehead atoms. The van der Waals surface area contributed by atoms with Gasteiger partial charge in [-0.05, 0) is 43.1 Å². The summed E-state index contributed by atoms with van der Waals surface area (Å²) in [6.45, 7) is 4.41. The fourth-order valence-electron chi connectivity index (χ4n) is 3.37. The van der Waals surface area contributed by atoms with E-state index in [1.54, 1.807) is 0 Å². The molecule has 4 N–H and O–H groups in total. The smallest absolute Gasteiger partial charge is 0.0613 e. The Balaban J connectivity index is 2.46. The molecule has 1 fully saturated rings. The first-order chi connectivity index (χ1) is 6.09. The fourth-order valence-corrected chi connectivity index (χ4v) is 3.37. The highest BCUT2D eigenvalue weighted by atomic mass is 14.9. The molecule has 2 nitrogen and oxygen atoms in total. The van der Waals surface area contributed by atoms with Crippen LogP contribution in [0.4, 0.5) is 0 Å². The number of allylic oxidation sites excluding steroid dienone is 1. The third-order valence-electron chi connectivity index (χ3n) is 4.50. The van der Waals surface area contributed by atoms with Gasteiger partial charge in [0.05, 0.1) is 5.54 Å². The van der Waals surface area contributed by atoms with Gasteiger partial charge in [0.15, 0.2) is 0 Å². The monoisotopic (exact) mass is 180 g/mol. The lowest BCUT2D eigenvalue weighted by atomic mass is 9.66. The Kier molecular flexibility index (Phi) is 1.75. The van der Waals surface area contributed by atoms with Crippen molar-refractivity contribution in [2.24, 2.45) is 16.9 Å². The maximum Gasteiger partial charge on any atom is 0.0613 e. The molecule has 1 saturated carbocycles. The summed E-state index contributed by atoms with van der Waals surface area (Å²) in [5.74, 6) is 0. The van der Waals surface area contributed by atoms with E-state index in [2.05, 4.69) is 13.8 Å². The van der Waals surface area contributed by atoms with Crippen molar-refractivity contribution in [1.82, 2.24) is 0 Å². The molecule has 0 radical (unpaired) electrons. The number of fused-ring (bicyclic) bond motifs is 2. The van der Waals surface area contributed by atoms with Gasteiger partial charge in [0.25, 0.3) is 0 Å². The molecule has 2 rings (SSSR count). The van der Waals surface area contributed by atoms with Crippen molar-refractivity contribution in [2.75, 3.05) is 0 Å². The maximum absolute atomic E-state index is 6.45. The number of hydrogen-bond donors (Lipinski definition) is 2. The van der Waals surface area contributed by atoms with E-state index in [-0.39, 0.29) is 5.54 Å². The van der Waals surface area contributed by atoms with Gasteiger partial charge in [-0.1, -0.05) is 13.8 Å².